The summed E-state index contributed by atoms with van der Waals surface area (Å²) in [6.45, 7) is 0. The predicted octanol–water partition coefficient (Wildman–Crippen LogP) is 1.70. The Kier molecular flexibility index (Phi) is 3.44. The van der Waals surface area contributed by atoms with E-state index in [4.69, 9.17) is 4.74 Å². The number of para-hydroxylation sites is 1. The third-order valence-corrected chi connectivity index (χ3v) is 2.80. The zero-order valence-corrected chi connectivity index (χ0v) is 10.00. The van der Waals surface area contributed by atoms with E-state index in [1.807, 2.05) is 35.9 Å². The van der Waals surface area contributed by atoms with Gasteiger partial charge < -0.3 is 14.4 Å². The number of ether oxygens (including phenoxy) is 1. The summed E-state index contributed by atoms with van der Waals surface area (Å²) in [5, 5.41) is 10.1. The highest BCUT2D eigenvalue weighted by Gasteiger charge is 2.14. The Morgan fingerprint density at radius 3 is 2.82 bits per heavy atom. The minimum atomic E-state index is -0.571. The third kappa shape index (κ3) is 2.47. The number of nitrogens with zero attached hydrogens (tertiary/aromatic N) is 2. The number of aliphatic hydroxyl groups excluding tert-OH is 1. The standard InChI is InChI=1S/C13H16N2O2/c1-15-9-14-8-11(15)12(16)7-10-5-3-4-6-13(10)17-2/h3-6,8-9,12,16H,7H2,1-2H3. The van der Waals surface area contributed by atoms with Crippen molar-refractivity contribution in [3.63, 3.8) is 0 Å². The van der Waals surface area contributed by atoms with Crippen LogP contribution in [-0.2, 0) is 13.5 Å². The van der Waals surface area contributed by atoms with Gasteiger partial charge in [-0.25, -0.2) is 4.98 Å². The van der Waals surface area contributed by atoms with E-state index in [1.165, 1.54) is 0 Å². The molecular weight excluding hydrogens is 216 g/mol. The fraction of sp³-hybridized carbons (Fsp3) is 0.308. The normalized spacial score (nSPS) is 12.4. The fourth-order valence-electron chi connectivity index (χ4n) is 1.87. The average molecular weight is 232 g/mol. The van der Waals surface area contributed by atoms with Gasteiger partial charge in [0.05, 0.1) is 31.4 Å². The molecule has 0 aliphatic heterocycles. The number of aliphatic hydroxyl groups is 1. The zero-order chi connectivity index (χ0) is 12.3. The number of methoxy groups -OCH3 is 1. The second-order valence-electron chi connectivity index (χ2n) is 3.96. The van der Waals surface area contributed by atoms with Gasteiger partial charge in [0.15, 0.2) is 0 Å². The third-order valence-electron chi connectivity index (χ3n) is 2.80. The SMILES string of the molecule is COc1ccccc1CC(O)c1cncn1C. The Bertz CT molecular complexity index is 494. The highest BCUT2D eigenvalue weighted by molar-refractivity contribution is 5.34. The molecular formula is C13H16N2O2. The summed E-state index contributed by atoms with van der Waals surface area (Å²) in [5.41, 5.74) is 1.79. The van der Waals surface area contributed by atoms with Gasteiger partial charge in [-0.1, -0.05) is 18.2 Å². The molecule has 1 aromatic carbocycles. The van der Waals surface area contributed by atoms with Crippen molar-refractivity contribution >= 4 is 0 Å². The number of benzene rings is 1. The molecule has 1 aromatic heterocycles. The Morgan fingerprint density at radius 2 is 2.18 bits per heavy atom. The summed E-state index contributed by atoms with van der Waals surface area (Å²) in [6, 6.07) is 7.70. The number of aromatic nitrogens is 2. The monoisotopic (exact) mass is 232 g/mol. The first-order valence-electron chi connectivity index (χ1n) is 5.48. The molecule has 17 heavy (non-hydrogen) atoms. The molecule has 1 atom stereocenters. The molecule has 4 heteroatoms. The number of rotatable bonds is 4. The van der Waals surface area contributed by atoms with Gasteiger partial charge in [0.2, 0.25) is 0 Å². The molecule has 1 N–H and O–H groups in total. The summed E-state index contributed by atoms with van der Waals surface area (Å²) in [7, 11) is 3.50. The van der Waals surface area contributed by atoms with Crippen molar-refractivity contribution < 1.29 is 9.84 Å². The highest BCUT2D eigenvalue weighted by Crippen LogP contribution is 2.24. The molecule has 0 amide bonds. The van der Waals surface area contributed by atoms with E-state index in [0.717, 1.165) is 17.0 Å². The number of imidazole rings is 1. The molecule has 0 aliphatic carbocycles. The van der Waals surface area contributed by atoms with Gasteiger partial charge in [-0.05, 0) is 11.6 Å². The van der Waals surface area contributed by atoms with Gasteiger partial charge in [0.1, 0.15) is 5.75 Å². The molecule has 90 valence electrons. The lowest BCUT2D eigenvalue weighted by atomic mass is 10.1. The summed E-state index contributed by atoms with van der Waals surface area (Å²) >= 11 is 0. The molecule has 0 bridgehead atoms. The van der Waals surface area contributed by atoms with Crippen LogP contribution in [0.15, 0.2) is 36.8 Å². The Labute approximate surface area is 100 Å². The van der Waals surface area contributed by atoms with Crippen molar-refractivity contribution in [3.8, 4) is 5.75 Å². The first-order valence-corrected chi connectivity index (χ1v) is 5.48. The molecule has 0 aliphatic rings. The minimum absolute atomic E-state index is 0.517. The Balaban J connectivity index is 2.18. The molecule has 0 fully saturated rings. The molecule has 4 nitrogen and oxygen atoms in total. The number of hydrogen-bond donors (Lipinski definition) is 1. The maximum Gasteiger partial charge on any atom is 0.122 e. The molecule has 0 spiro atoms. The van der Waals surface area contributed by atoms with Gasteiger partial charge in [-0.15, -0.1) is 0 Å². The molecule has 0 saturated heterocycles. The van der Waals surface area contributed by atoms with Crippen LogP contribution in [0.1, 0.15) is 17.4 Å². The van der Waals surface area contributed by atoms with Crippen LogP contribution in [0.4, 0.5) is 0 Å². The molecule has 2 rings (SSSR count). The van der Waals surface area contributed by atoms with Crippen LogP contribution in [0.25, 0.3) is 0 Å². The Morgan fingerprint density at radius 1 is 1.41 bits per heavy atom. The summed E-state index contributed by atoms with van der Waals surface area (Å²) in [4.78, 5) is 4.00. The predicted molar refractivity (Wildman–Crippen MR) is 64.9 cm³/mol. The second kappa shape index (κ2) is 5.01. The van der Waals surface area contributed by atoms with Crippen LogP contribution in [0.2, 0.25) is 0 Å². The first-order chi connectivity index (χ1) is 8.22. The average Bonchev–Trinajstić information content (AvgIpc) is 2.76. The van der Waals surface area contributed by atoms with Crippen molar-refractivity contribution in [3.05, 3.63) is 48.0 Å². The molecule has 1 unspecified atom stereocenters. The van der Waals surface area contributed by atoms with Crippen LogP contribution in [0.3, 0.4) is 0 Å². The molecule has 0 radical (unpaired) electrons. The number of hydrogen-bond acceptors (Lipinski definition) is 3. The van der Waals surface area contributed by atoms with Gasteiger partial charge >= 0.3 is 0 Å². The van der Waals surface area contributed by atoms with Gasteiger partial charge in [-0.2, -0.15) is 0 Å². The summed E-state index contributed by atoms with van der Waals surface area (Å²) in [5.74, 6) is 0.800. The summed E-state index contributed by atoms with van der Waals surface area (Å²) in [6.07, 6.45) is 3.31. The molecule has 0 saturated carbocycles. The smallest absolute Gasteiger partial charge is 0.122 e. The zero-order valence-electron chi connectivity index (χ0n) is 10.00. The largest absolute Gasteiger partial charge is 0.496 e. The van der Waals surface area contributed by atoms with Crippen LogP contribution in [0.5, 0.6) is 5.75 Å². The lowest BCUT2D eigenvalue weighted by Crippen LogP contribution is -2.07. The highest BCUT2D eigenvalue weighted by atomic mass is 16.5. The van der Waals surface area contributed by atoms with Crippen LogP contribution in [-0.4, -0.2) is 21.8 Å². The van der Waals surface area contributed by atoms with Crippen molar-refractivity contribution in [2.45, 2.75) is 12.5 Å². The quantitative estimate of drug-likeness (QED) is 0.872. The van der Waals surface area contributed by atoms with E-state index >= 15 is 0 Å². The maximum atomic E-state index is 10.1. The van der Waals surface area contributed by atoms with Gasteiger partial charge in [-0.3, -0.25) is 0 Å². The van der Waals surface area contributed by atoms with Crippen LogP contribution < -0.4 is 4.74 Å². The van der Waals surface area contributed by atoms with Crippen molar-refractivity contribution in [2.75, 3.05) is 7.11 Å². The van der Waals surface area contributed by atoms with E-state index in [1.54, 1.807) is 19.6 Å². The van der Waals surface area contributed by atoms with Crippen LogP contribution in [0, 0.1) is 0 Å². The number of aryl methyl sites for hydroxylation is 1. The summed E-state index contributed by atoms with van der Waals surface area (Å²) < 4.78 is 7.08. The van der Waals surface area contributed by atoms with E-state index < -0.39 is 6.10 Å². The van der Waals surface area contributed by atoms with E-state index in [0.29, 0.717) is 6.42 Å². The lowest BCUT2D eigenvalue weighted by Gasteiger charge is -2.13. The van der Waals surface area contributed by atoms with Gasteiger partial charge in [0.25, 0.3) is 0 Å². The maximum absolute atomic E-state index is 10.1. The van der Waals surface area contributed by atoms with E-state index in [-0.39, 0.29) is 0 Å². The van der Waals surface area contributed by atoms with Crippen LogP contribution >= 0.6 is 0 Å². The fourth-order valence-corrected chi connectivity index (χ4v) is 1.87. The second-order valence-corrected chi connectivity index (χ2v) is 3.96. The van der Waals surface area contributed by atoms with Crippen molar-refractivity contribution in [1.29, 1.82) is 0 Å². The van der Waals surface area contributed by atoms with Gasteiger partial charge in [0, 0.05) is 13.5 Å². The Hall–Kier alpha value is -1.81. The first kappa shape index (κ1) is 11.7. The van der Waals surface area contributed by atoms with E-state index in [9.17, 15) is 5.11 Å². The van der Waals surface area contributed by atoms with Crippen molar-refractivity contribution in [1.82, 2.24) is 9.55 Å². The molecule has 2 aromatic rings. The minimum Gasteiger partial charge on any atom is -0.496 e. The topological polar surface area (TPSA) is 47.3 Å². The van der Waals surface area contributed by atoms with Crippen molar-refractivity contribution in [2.24, 2.45) is 7.05 Å². The molecule has 1 heterocycles. The van der Waals surface area contributed by atoms with E-state index in [2.05, 4.69) is 4.98 Å². The lowest BCUT2D eigenvalue weighted by molar-refractivity contribution is 0.169.